The Labute approximate surface area is 154 Å². The number of benzene rings is 1. The highest BCUT2D eigenvalue weighted by atomic mass is 32.1. The Morgan fingerprint density at radius 2 is 2.08 bits per heavy atom. The predicted octanol–water partition coefficient (Wildman–Crippen LogP) is 2.06. The fourth-order valence-electron chi connectivity index (χ4n) is 2.50. The number of fused-ring (bicyclic) bond motifs is 1. The molecule has 0 saturated heterocycles. The van der Waals surface area contributed by atoms with E-state index in [1.54, 1.807) is 0 Å². The van der Waals surface area contributed by atoms with Crippen LogP contribution in [0.1, 0.15) is 28.6 Å². The van der Waals surface area contributed by atoms with Gasteiger partial charge >= 0.3 is 0 Å². The number of rotatable bonds is 8. The molecule has 0 bridgehead atoms. The lowest BCUT2D eigenvalue weighted by molar-refractivity contribution is 0.0949. The van der Waals surface area contributed by atoms with Gasteiger partial charge in [0.1, 0.15) is 10.4 Å². The van der Waals surface area contributed by atoms with Gasteiger partial charge in [0.2, 0.25) is 0 Å². The summed E-state index contributed by atoms with van der Waals surface area (Å²) in [5, 5.41) is 2.81. The van der Waals surface area contributed by atoms with Crippen LogP contribution in [0.15, 0.2) is 41.5 Å². The van der Waals surface area contributed by atoms with Crippen LogP contribution in [-0.2, 0) is 11.3 Å². The van der Waals surface area contributed by atoms with Crippen LogP contribution >= 0.6 is 11.5 Å². The molecule has 0 unspecified atom stereocenters. The van der Waals surface area contributed by atoms with Crippen LogP contribution in [0.5, 0.6) is 0 Å². The van der Waals surface area contributed by atoms with Crippen molar-refractivity contribution in [2.75, 3.05) is 19.8 Å². The Kier molecular flexibility index (Phi) is 6.08. The molecule has 2 aromatic heterocycles. The highest BCUT2D eigenvalue weighted by molar-refractivity contribution is 7.09. The van der Waals surface area contributed by atoms with Crippen molar-refractivity contribution < 1.29 is 9.53 Å². The van der Waals surface area contributed by atoms with Gasteiger partial charge in [0.25, 0.3) is 11.5 Å². The van der Waals surface area contributed by atoms with Gasteiger partial charge in [0.15, 0.2) is 5.52 Å². The molecule has 2 heterocycles. The Morgan fingerprint density at radius 3 is 2.85 bits per heavy atom. The van der Waals surface area contributed by atoms with Gasteiger partial charge in [-0.2, -0.15) is 4.37 Å². The summed E-state index contributed by atoms with van der Waals surface area (Å²) in [6.45, 7) is 4.11. The van der Waals surface area contributed by atoms with E-state index in [1.165, 1.54) is 10.9 Å². The molecular formula is C18H20N4O3S. The lowest BCUT2D eigenvalue weighted by atomic mass is 10.2. The summed E-state index contributed by atoms with van der Waals surface area (Å²) in [6, 6.07) is 9.65. The Balaban J connectivity index is 1.75. The van der Waals surface area contributed by atoms with Crippen LogP contribution in [0.25, 0.3) is 11.0 Å². The average Bonchev–Trinajstić information content (AvgIpc) is 3.09. The molecule has 1 N–H and O–H groups in total. The highest BCUT2D eigenvalue weighted by Crippen LogP contribution is 2.17. The first kappa shape index (κ1) is 18.2. The summed E-state index contributed by atoms with van der Waals surface area (Å²) in [5.41, 5.74) is 1.34. The van der Waals surface area contributed by atoms with Crippen LogP contribution in [0, 0.1) is 0 Å². The lowest BCUT2D eigenvalue weighted by Gasteiger charge is -2.05. The molecular weight excluding hydrogens is 352 g/mol. The third kappa shape index (κ3) is 4.14. The monoisotopic (exact) mass is 372 g/mol. The van der Waals surface area contributed by atoms with Gasteiger partial charge in [-0.3, -0.25) is 14.2 Å². The second kappa shape index (κ2) is 8.68. The van der Waals surface area contributed by atoms with Gasteiger partial charge in [-0.1, -0.05) is 30.3 Å². The van der Waals surface area contributed by atoms with Crippen molar-refractivity contribution in [3.63, 3.8) is 0 Å². The minimum absolute atomic E-state index is 0.230. The third-order valence-electron chi connectivity index (χ3n) is 3.81. The van der Waals surface area contributed by atoms with E-state index in [9.17, 15) is 9.59 Å². The minimum atomic E-state index is -0.262. The molecule has 136 valence electrons. The molecule has 0 aliphatic rings. The number of amides is 1. The number of nitrogens with zero attached hydrogens (tertiary/aromatic N) is 3. The second-order valence-electron chi connectivity index (χ2n) is 5.68. The molecule has 0 spiro atoms. The molecule has 0 aliphatic heterocycles. The van der Waals surface area contributed by atoms with E-state index in [0.717, 1.165) is 23.5 Å². The van der Waals surface area contributed by atoms with Gasteiger partial charge in [-0.25, -0.2) is 4.98 Å². The molecule has 0 aliphatic carbocycles. The average molecular weight is 372 g/mol. The van der Waals surface area contributed by atoms with E-state index in [1.807, 2.05) is 37.3 Å². The zero-order valence-corrected chi connectivity index (χ0v) is 15.3. The fourth-order valence-corrected chi connectivity index (χ4v) is 3.24. The summed E-state index contributed by atoms with van der Waals surface area (Å²) in [5.74, 6) is -0.262. The van der Waals surface area contributed by atoms with Crippen LogP contribution in [0.2, 0.25) is 0 Å². The molecule has 0 saturated carbocycles. The summed E-state index contributed by atoms with van der Waals surface area (Å²) >= 11 is 0.999. The Morgan fingerprint density at radius 1 is 1.27 bits per heavy atom. The minimum Gasteiger partial charge on any atom is -0.382 e. The third-order valence-corrected chi connectivity index (χ3v) is 4.65. The Bertz CT molecular complexity index is 937. The number of aromatic nitrogens is 3. The second-order valence-corrected chi connectivity index (χ2v) is 6.45. The summed E-state index contributed by atoms with van der Waals surface area (Å²) < 4.78 is 10.9. The molecule has 1 aromatic carbocycles. The van der Waals surface area contributed by atoms with Crippen LogP contribution in [-0.4, -0.2) is 39.6 Å². The molecule has 26 heavy (non-hydrogen) atoms. The van der Waals surface area contributed by atoms with E-state index < -0.39 is 0 Å². The van der Waals surface area contributed by atoms with E-state index >= 15 is 0 Å². The van der Waals surface area contributed by atoms with Gasteiger partial charge in [-0.15, -0.1) is 0 Å². The zero-order chi connectivity index (χ0) is 18.4. The number of nitrogens with one attached hydrogen (secondary N) is 1. The lowest BCUT2D eigenvalue weighted by Crippen LogP contribution is -2.25. The van der Waals surface area contributed by atoms with Gasteiger partial charge in [0, 0.05) is 19.8 Å². The maximum absolute atomic E-state index is 12.6. The molecule has 8 heteroatoms. The first-order valence-corrected chi connectivity index (χ1v) is 9.22. The number of hydrogen-bond acceptors (Lipinski definition) is 6. The van der Waals surface area contributed by atoms with Gasteiger partial charge in [-0.05, 0) is 30.4 Å². The van der Waals surface area contributed by atoms with E-state index in [4.69, 9.17) is 4.74 Å². The van der Waals surface area contributed by atoms with Crippen molar-refractivity contribution in [1.82, 2.24) is 19.2 Å². The number of carbonyl (C=O) groups excluding carboxylic acids is 1. The fraction of sp³-hybridized carbons (Fsp3) is 0.333. The van der Waals surface area contributed by atoms with Crippen LogP contribution < -0.4 is 10.9 Å². The molecule has 0 atom stereocenters. The first-order valence-electron chi connectivity index (χ1n) is 8.45. The van der Waals surface area contributed by atoms with Gasteiger partial charge in [0.05, 0.1) is 12.9 Å². The predicted molar refractivity (Wildman–Crippen MR) is 101 cm³/mol. The summed E-state index contributed by atoms with van der Waals surface area (Å²) in [6.07, 6.45) is 2.20. The van der Waals surface area contributed by atoms with E-state index in [0.29, 0.717) is 36.7 Å². The van der Waals surface area contributed by atoms with E-state index in [-0.39, 0.29) is 17.0 Å². The maximum Gasteiger partial charge on any atom is 0.281 e. The van der Waals surface area contributed by atoms with Crippen LogP contribution in [0.4, 0.5) is 0 Å². The topological polar surface area (TPSA) is 86.1 Å². The molecule has 3 aromatic rings. The van der Waals surface area contributed by atoms with Crippen molar-refractivity contribution in [3.8, 4) is 0 Å². The van der Waals surface area contributed by atoms with Crippen LogP contribution in [0.3, 0.4) is 0 Å². The molecule has 3 rings (SSSR count). The first-order chi connectivity index (χ1) is 12.7. The van der Waals surface area contributed by atoms with Crippen molar-refractivity contribution >= 4 is 28.5 Å². The molecule has 7 nitrogen and oxygen atoms in total. The Hall–Kier alpha value is -2.58. The van der Waals surface area contributed by atoms with Gasteiger partial charge < -0.3 is 10.1 Å². The normalized spacial score (nSPS) is 11.0. The maximum atomic E-state index is 12.6. The summed E-state index contributed by atoms with van der Waals surface area (Å²) in [4.78, 5) is 29.6. The SMILES string of the molecule is CCOCCCNC(=O)c1snc2c(=O)n(Cc3ccccc3)cnc12. The summed E-state index contributed by atoms with van der Waals surface area (Å²) in [7, 11) is 0. The van der Waals surface area contributed by atoms with Crippen molar-refractivity contribution in [2.24, 2.45) is 0 Å². The number of ether oxygens (including phenoxy) is 1. The highest BCUT2D eigenvalue weighted by Gasteiger charge is 2.18. The quantitative estimate of drug-likeness (QED) is 0.612. The zero-order valence-electron chi connectivity index (χ0n) is 14.5. The molecule has 1 amide bonds. The largest absolute Gasteiger partial charge is 0.382 e. The van der Waals surface area contributed by atoms with Crippen molar-refractivity contribution in [1.29, 1.82) is 0 Å². The van der Waals surface area contributed by atoms with Crippen molar-refractivity contribution in [3.05, 3.63) is 57.5 Å². The van der Waals surface area contributed by atoms with Crippen molar-refractivity contribution in [2.45, 2.75) is 19.9 Å². The van der Waals surface area contributed by atoms with E-state index in [2.05, 4.69) is 14.7 Å². The number of hydrogen-bond donors (Lipinski definition) is 1. The number of carbonyl (C=O) groups is 1. The standard InChI is InChI=1S/C18H20N4O3S/c1-2-25-10-6-9-19-17(23)16-14-15(21-26-16)18(24)22(12-20-14)11-13-7-4-3-5-8-13/h3-5,7-8,12H,2,6,9-11H2,1H3,(H,19,23). The molecule has 0 fully saturated rings. The smallest absolute Gasteiger partial charge is 0.281 e. The molecule has 0 radical (unpaired) electrons.